The highest BCUT2D eigenvalue weighted by Crippen LogP contribution is 2.28. The van der Waals surface area contributed by atoms with Crippen LogP contribution in [-0.2, 0) is 4.74 Å². The minimum atomic E-state index is 0.375. The highest BCUT2D eigenvalue weighted by Gasteiger charge is 2.20. The molecule has 0 heterocycles. The first-order chi connectivity index (χ1) is 10.3. The van der Waals surface area contributed by atoms with Crippen molar-refractivity contribution in [2.45, 2.75) is 32.2 Å². The SMILES string of the molecule is CC(NCCCOCC1CC1)c1cccc2ccccc12. The number of rotatable bonds is 8. The highest BCUT2D eigenvalue weighted by atomic mass is 16.5. The quantitative estimate of drug-likeness (QED) is 0.729. The van der Waals surface area contributed by atoms with E-state index in [1.54, 1.807) is 0 Å². The lowest BCUT2D eigenvalue weighted by molar-refractivity contribution is 0.121. The molecule has 2 heteroatoms. The number of benzene rings is 2. The van der Waals surface area contributed by atoms with Crippen LogP contribution in [0, 0.1) is 5.92 Å². The Balaban J connectivity index is 1.48. The van der Waals surface area contributed by atoms with Crippen molar-refractivity contribution in [2.24, 2.45) is 5.92 Å². The fourth-order valence-corrected chi connectivity index (χ4v) is 2.77. The summed E-state index contributed by atoms with van der Waals surface area (Å²) < 4.78 is 5.68. The summed E-state index contributed by atoms with van der Waals surface area (Å²) in [7, 11) is 0. The van der Waals surface area contributed by atoms with Gasteiger partial charge < -0.3 is 10.1 Å². The molecule has 1 fully saturated rings. The normalized spacial score (nSPS) is 16.2. The molecule has 2 aromatic carbocycles. The average molecular weight is 283 g/mol. The maximum atomic E-state index is 5.68. The summed E-state index contributed by atoms with van der Waals surface area (Å²) in [6, 6.07) is 15.5. The Morgan fingerprint density at radius 3 is 2.81 bits per heavy atom. The molecule has 0 saturated heterocycles. The molecule has 2 nitrogen and oxygen atoms in total. The lowest BCUT2D eigenvalue weighted by atomic mass is 10.00. The predicted octanol–water partition coefficient (Wildman–Crippen LogP) is 4.31. The molecule has 1 atom stereocenters. The maximum Gasteiger partial charge on any atom is 0.0494 e. The zero-order valence-corrected chi connectivity index (χ0v) is 12.8. The molecular weight excluding hydrogens is 258 g/mol. The lowest BCUT2D eigenvalue weighted by Crippen LogP contribution is -2.21. The zero-order chi connectivity index (χ0) is 14.5. The van der Waals surface area contributed by atoms with Crippen LogP contribution in [-0.4, -0.2) is 19.8 Å². The van der Waals surface area contributed by atoms with Crippen LogP contribution >= 0.6 is 0 Å². The largest absolute Gasteiger partial charge is 0.381 e. The monoisotopic (exact) mass is 283 g/mol. The fourth-order valence-electron chi connectivity index (χ4n) is 2.77. The van der Waals surface area contributed by atoms with Gasteiger partial charge in [0.05, 0.1) is 0 Å². The molecule has 0 radical (unpaired) electrons. The van der Waals surface area contributed by atoms with E-state index in [1.165, 1.54) is 29.2 Å². The van der Waals surface area contributed by atoms with Gasteiger partial charge in [0.15, 0.2) is 0 Å². The van der Waals surface area contributed by atoms with Crippen LogP contribution in [0.1, 0.15) is 37.8 Å². The molecule has 3 rings (SSSR count). The average Bonchev–Trinajstić information content (AvgIpc) is 3.34. The van der Waals surface area contributed by atoms with E-state index >= 15 is 0 Å². The van der Waals surface area contributed by atoms with Gasteiger partial charge in [-0.25, -0.2) is 0 Å². The molecule has 1 N–H and O–H groups in total. The second kappa shape index (κ2) is 7.06. The molecule has 0 spiro atoms. The van der Waals surface area contributed by atoms with Crippen LogP contribution in [0.15, 0.2) is 42.5 Å². The number of fused-ring (bicyclic) bond motifs is 1. The molecule has 0 aliphatic heterocycles. The van der Waals surface area contributed by atoms with Crippen molar-refractivity contribution in [1.29, 1.82) is 0 Å². The smallest absolute Gasteiger partial charge is 0.0494 e. The third-order valence-electron chi connectivity index (χ3n) is 4.26. The van der Waals surface area contributed by atoms with Gasteiger partial charge in [0.2, 0.25) is 0 Å². The van der Waals surface area contributed by atoms with E-state index < -0.39 is 0 Å². The summed E-state index contributed by atoms with van der Waals surface area (Å²) in [5.41, 5.74) is 1.38. The van der Waals surface area contributed by atoms with E-state index in [2.05, 4.69) is 54.7 Å². The van der Waals surface area contributed by atoms with Crippen LogP contribution < -0.4 is 5.32 Å². The van der Waals surface area contributed by atoms with Gasteiger partial charge >= 0.3 is 0 Å². The Bertz CT molecular complexity index is 571. The summed E-state index contributed by atoms with van der Waals surface area (Å²) in [5.74, 6) is 0.868. The Labute approximate surface area is 127 Å². The first-order valence-corrected chi connectivity index (χ1v) is 8.13. The number of hydrogen-bond acceptors (Lipinski definition) is 2. The second-order valence-corrected chi connectivity index (χ2v) is 6.12. The van der Waals surface area contributed by atoms with E-state index in [-0.39, 0.29) is 0 Å². The zero-order valence-electron chi connectivity index (χ0n) is 12.8. The molecule has 1 aliphatic rings. The molecule has 0 bridgehead atoms. The van der Waals surface area contributed by atoms with Crippen LogP contribution in [0.25, 0.3) is 10.8 Å². The van der Waals surface area contributed by atoms with Crippen molar-refractivity contribution in [1.82, 2.24) is 5.32 Å². The van der Waals surface area contributed by atoms with Crippen LogP contribution in [0.5, 0.6) is 0 Å². The van der Waals surface area contributed by atoms with Gasteiger partial charge in [-0.3, -0.25) is 0 Å². The van der Waals surface area contributed by atoms with E-state index in [1.807, 2.05) is 0 Å². The first-order valence-electron chi connectivity index (χ1n) is 8.13. The predicted molar refractivity (Wildman–Crippen MR) is 88.5 cm³/mol. The van der Waals surface area contributed by atoms with Crippen molar-refractivity contribution in [3.63, 3.8) is 0 Å². The summed E-state index contributed by atoms with van der Waals surface area (Å²) >= 11 is 0. The Morgan fingerprint density at radius 1 is 1.14 bits per heavy atom. The summed E-state index contributed by atoms with van der Waals surface area (Å²) in [6.45, 7) is 5.10. The molecule has 112 valence electrons. The fraction of sp³-hybridized carbons (Fsp3) is 0.474. The van der Waals surface area contributed by atoms with Gasteiger partial charge in [0.1, 0.15) is 0 Å². The van der Waals surface area contributed by atoms with Crippen LogP contribution in [0.4, 0.5) is 0 Å². The van der Waals surface area contributed by atoms with Crippen molar-refractivity contribution >= 4 is 10.8 Å². The van der Waals surface area contributed by atoms with Gasteiger partial charge in [-0.15, -0.1) is 0 Å². The van der Waals surface area contributed by atoms with Gasteiger partial charge in [-0.1, -0.05) is 42.5 Å². The summed E-state index contributed by atoms with van der Waals surface area (Å²) in [4.78, 5) is 0. The third kappa shape index (κ3) is 4.05. The molecule has 1 aliphatic carbocycles. The Kier molecular flexibility index (Phi) is 4.89. The highest BCUT2D eigenvalue weighted by molar-refractivity contribution is 5.86. The molecule has 1 unspecified atom stereocenters. The standard InChI is InChI=1S/C19H25NO/c1-15(20-12-5-13-21-14-16-10-11-16)18-9-4-7-17-6-2-3-8-19(17)18/h2-4,6-9,15-16,20H,5,10-14H2,1H3. The van der Waals surface area contributed by atoms with Gasteiger partial charge in [-0.05, 0) is 55.0 Å². The molecule has 2 aromatic rings. The number of nitrogens with one attached hydrogen (secondary N) is 1. The van der Waals surface area contributed by atoms with Crippen LogP contribution in [0.2, 0.25) is 0 Å². The van der Waals surface area contributed by atoms with Crippen molar-refractivity contribution in [2.75, 3.05) is 19.8 Å². The maximum absolute atomic E-state index is 5.68. The first kappa shape index (κ1) is 14.6. The van der Waals surface area contributed by atoms with E-state index in [0.717, 1.165) is 32.1 Å². The van der Waals surface area contributed by atoms with Gasteiger partial charge in [0.25, 0.3) is 0 Å². The minimum Gasteiger partial charge on any atom is -0.381 e. The molecule has 0 amide bonds. The second-order valence-electron chi connectivity index (χ2n) is 6.12. The summed E-state index contributed by atoms with van der Waals surface area (Å²) in [5, 5.41) is 6.28. The van der Waals surface area contributed by atoms with E-state index in [0.29, 0.717) is 6.04 Å². The topological polar surface area (TPSA) is 21.3 Å². The Hall–Kier alpha value is -1.38. The van der Waals surface area contributed by atoms with Gasteiger partial charge in [0, 0.05) is 19.3 Å². The Morgan fingerprint density at radius 2 is 1.95 bits per heavy atom. The van der Waals surface area contributed by atoms with E-state index in [4.69, 9.17) is 4.74 Å². The minimum absolute atomic E-state index is 0.375. The van der Waals surface area contributed by atoms with Crippen LogP contribution in [0.3, 0.4) is 0 Å². The van der Waals surface area contributed by atoms with Crippen molar-refractivity contribution in [3.05, 3.63) is 48.0 Å². The molecule has 1 saturated carbocycles. The van der Waals surface area contributed by atoms with Crippen molar-refractivity contribution in [3.8, 4) is 0 Å². The van der Waals surface area contributed by atoms with E-state index in [9.17, 15) is 0 Å². The summed E-state index contributed by atoms with van der Waals surface area (Å²) in [6.07, 6.45) is 3.83. The molecule has 21 heavy (non-hydrogen) atoms. The molecular formula is C19H25NO. The van der Waals surface area contributed by atoms with Gasteiger partial charge in [-0.2, -0.15) is 0 Å². The molecule has 0 aromatic heterocycles. The lowest BCUT2D eigenvalue weighted by Gasteiger charge is -2.16. The number of ether oxygens (including phenoxy) is 1. The number of hydrogen-bond donors (Lipinski definition) is 1. The third-order valence-corrected chi connectivity index (χ3v) is 4.26. The van der Waals surface area contributed by atoms with Crippen molar-refractivity contribution < 1.29 is 4.74 Å².